The van der Waals surface area contributed by atoms with E-state index in [9.17, 15) is 19.7 Å². The first-order valence-corrected chi connectivity index (χ1v) is 11.2. The Bertz CT molecular complexity index is 1120. The fraction of sp³-hybridized carbons (Fsp3) is 0.360. The number of non-ortho nitro benzene ring substituents is 1. The minimum absolute atomic E-state index is 0.0523. The van der Waals surface area contributed by atoms with Crippen molar-refractivity contribution in [1.29, 1.82) is 0 Å². The van der Waals surface area contributed by atoms with Gasteiger partial charge in [-0.05, 0) is 48.2 Å². The van der Waals surface area contributed by atoms with E-state index < -0.39 is 4.92 Å². The maximum Gasteiger partial charge on any atom is 0.277 e. The van der Waals surface area contributed by atoms with Gasteiger partial charge in [0.05, 0.1) is 10.5 Å². The third kappa shape index (κ3) is 4.46. The number of anilines is 1. The molecule has 2 amide bonds. The van der Waals surface area contributed by atoms with Crippen molar-refractivity contribution in [2.24, 2.45) is 5.92 Å². The van der Waals surface area contributed by atoms with E-state index in [4.69, 9.17) is 0 Å². The number of hydrogen-bond acceptors (Lipinski definition) is 6. The quantitative estimate of drug-likeness (QED) is 0.382. The van der Waals surface area contributed by atoms with Gasteiger partial charge in [-0.25, -0.2) is 0 Å². The van der Waals surface area contributed by atoms with Gasteiger partial charge in [0.25, 0.3) is 17.5 Å². The van der Waals surface area contributed by atoms with E-state index >= 15 is 0 Å². The van der Waals surface area contributed by atoms with Crippen LogP contribution in [-0.4, -0.2) is 59.3 Å². The lowest BCUT2D eigenvalue weighted by Gasteiger charge is -2.37. The molecule has 4 rings (SSSR count). The zero-order chi connectivity index (χ0) is 23.7. The van der Waals surface area contributed by atoms with Gasteiger partial charge in [0.2, 0.25) is 0 Å². The zero-order valence-corrected chi connectivity index (χ0v) is 19.2. The van der Waals surface area contributed by atoms with E-state index in [1.165, 1.54) is 22.6 Å². The van der Waals surface area contributed by atoms with Gasteiger partial charge in [-0.15, -0.1) is 0 Å². The van der Waals surface area contributed by atoms with E-state index in [-0.39, 0.29) is 23.4 Å². The molecule has 1 fully saturated rings. The van der Waals surface area contributed by atoms with E-state index in [0.717, 1.165) is 18.8 Å². The number of aryl methyl sites for hydroxylation is 1. The molecule has 0 atom stereocenters. The minimum Gasteiger partial charge on any atom is -0.368 e. The Labute approximate surface area is 193 Å². The van der Waals surface area contributed by atoms with Crippen LogP contribution in [0.4, 0.5) is 11.4 Å². The maximum atomic E-state index is 13.4. The summed E-state index contributed by atoms with van der Waals surface area (Å²) in [5.41, 5.74) is 3.55. The Morgan fingerprint density at radius 2 is 1.58 bits per heavy atom. The second kappa shape index (κ2) is 9.05. The van der Waals surface area contributed by atoms with Crippen LogP contribution in [0.5, 0.6) is 0 Å². The van der Waals surface area contributed by atoms with Crippen molar-refractivity contribution in [2.75, 3.05) is 37.6 Å². The summed E-state index contributed by atoms with van der Waals surface area (Å²) in [6.45, 7) is 8.99. The molecule has 2 aromatic rings. The molecule has 0 radical (unpaired) electrons. The number of rotatable bonds is 6. The molecule has 0 bridgehead atoms. The smallest absolute Gasteiger partial charge is 0.277 e. The average molecular weight is 449 g/mol. The highest BCUT2D eigenvalue weighted by Crippen LogP contribution is 2.34. The molecule has 33 heavy (non-hydrogen) atoms. The number of amides is 2. The summed E-state index contributed by atoms with van der Waals surface area (Å²) < 4.78 is 0. The number of hydrogen-bond donors (Lipinski definition) is 0. The van der Waals surface area contributed by atoms with Gasteiger partial charge in [0, 0.05) is 50.5 Å². The Hall–Kier alpha value is -3.68. The number of imide groups is 1. The van der Waals surface area contributed by atoms with E-state index in [1.54, 1.807) is 12.1 Å². The SMILES string of the molecule is Cc1cccc(N2CCN(C3=C(c4ccc([N+](=O)[O-])cc4)C(=O)N(CC(C)C)C3=O)CC2)c1. The summed E-state index contributed by atoms with van der Waals surface area (Å²) in [4.78, 5) is 42.9. The Balaban J connectivity index is 1.65. The van der Waals surface area contributed by atoms with Crippen LogP contribution in [0.15, 0.2) is 54.2 Å². The van der Waals surface area contributed by atoms with Crippen LogP contribution in [0.2, 0.25) is 0 Å². The molecule has 0 aromatic heterocycles. The molecule has 0 spiro atoms. The van der Waals surface area contributed by atoms with Crippen LogP contribution < -0.4 is 4.90 Å². The van der Waals surface area contributed by atoms with Crippen LogP contribution in [0.25, 0.3) is 5.57 Å². The van der Waals surface area contributed by atoms with Crippen LogP contribution >= 0.6 is 0 Å². The van der Waals surface area contributed by atoms with Gasteiger partial charge in [0.1, 0.15) is 5.70 Å². The number of carbonyl (C=O) groups excluding carboxylic acids is 2. The van der Waals surface area contributed by atoms with E-state index in [0.29, 0.717) is 36.5 Å². The predicted molar refractivity (Wildman–Crippen MR) is 127 cm³/mol. The first-order chi connectivity index (χ1) is 15.8. The van der Waals surface area contributed by atoms with Crippen LogP contribution in [0, 0.1) is 23.0 Å². The number of nitro groups is 1. The van der Waals surface area contributed by atoms with E-state index in [2.05, 4.69) is 30.0 Å². The molecule has 0 aliphatic carbocycles. The number of nitrogens with zero attached hydrogens (tertiary/aromatic N) is 4. The van der Waals surface area contributed by atoms with Crippen molar-refractivity contribution >= 4 is 28.8 Å². The lowest BCUT2D eigenvalue weighted by Crippen LogP contribution is -2.47. The third-order valence-electron chi connectivity index (χ3n) is 6.02. The molecule has 2 aliphatic rings. The van der Waals surface area contributed by atoms with Gasteiger partial charge < -0.3 is 9.80 Å². The summed E-state index contributed by atoms with van der Waals surface area (Å²) in [7, 11) is 0. The Morgan fingerprint density at radius 1 is 0.939 bits per heavy atom. The fourth-order valence-corrected chi connectivity index (χ4v) is 4.41. The van der Waals surface area contributed by atoms with Crippen molar-refractivity contribution in [3.63, 3.8) is 0 Å². The van der Waals surface area contributed by atoms with Crippen LogP contribution in [-0.2, 0) is 9.59 Å². The second-order valence-corrected chi connectivity index (χ2v) is 8.96. The average Bonchev–Trinajstić information content (AvgIpc) is 3.03. The highest BCUT2D eigenvalue weighted by Gasteiger charge is 2.42. The normalized spacial score (nSPS) is 16.9. The monoisotopic (exact) mass is 448 g/mol. The van der Waals surface area contributed by atoms with Crippen LogP contribution in [0.1, 0.15) is 25.0 Å². The largest absolute Gasteiger partial charge is 0.368 e. The predicted octanol–water partition coefficient (Wildman–Crippen LogP) is 3.46. The van der Waals surface area contributed by atoms with Crippen molar-refractivity contribution in [3.05, 3.63) is 75.5 Å². The molecule has 2 heterocycles. The van der Waals surface area contributed by atoms with Gasteiger partial charge in [-0.1, -0.05) is 26.0 Å². The Morgan fingerprint density at radius 3 is 2.15 bits per heavy atom. The first-order valence-electron chi connectivity index (χ1n) is 11.2. The lowest BCUT2D eigenvalue weighted by atomic mass is 10.0. The summed E-state index contributed by atoms with van der Waals surface area (Å²) >= 11 is 0. The highest BCUT2D eigenvalue weighted by atomic mass is 16.6. The molecule has 8 nitrogen and oxygen atoms in total. The van der Waals surface area contributed by atoms with Gasteiger partial charge in [-0.3, -0.25) is 24.6 Å². The highest BCUT2D eigenvalue weighted by molar-refractivity contribution is 6.35. The number of nitro benzene ring substituents is 1. The molecule has 2 aromatic carbocycles. The molecule has 0 N–H and O–H groups in total. The molecule has 0 saturated carbocycles. The zero-order valence-electron chi connectivity index (χ0n) is 19.2. The Kier molecular flexibility index (Phi) is 6.18. The molecule has 1 saturated heterocycles. The summed E-state index contributed by atoms with van der Waals surface area (Å²) in [6, 6.07) is 14.2. The lowest BCUT2D eigenvalue weighted by molar-refractivity contribution is -0.384. The van der Waals surface area contributed by atoms with Crippen LogP contribution in [0.3, 0.4) is 0 Å². The second-order valence-electron chi connectivity index (χ2n) is 8.96. The van der Waals surface area contributed by atoms with E-state index in [1.807, 2.05) is 24.8 Å². The number of carbonyl (C=O) groups is 2. The van der Waals surface area contributed by atoms with Crippen molar-refractivity contribution in [1.82, 2.24) is 9.80 Å². The molecular weight excluding hydrogens is 420 g/mol. The summed E-state index contributed by atoms with van der Waals surface area (Å²) in [5.74, 6) is -0.488. The van der Waals surface area contributed by atoms with Gasteiger partial charge >= 0.3 is 0 Å². The van der Waals surface area contributed by atoms with Crippen molar-refractivity contribution in [3.8, 4) is 0 Å². The van der Waals surface area contributed by atoms with Crippen molar-refractivity contribution < 1.29 is 14.5 Å². The maximum absolute atomic E-state index is 13.4. The summed E-state index contributed by atoms with van der Waals surface area (Å²) in [6.07, 6.45) is 0. The summed E-state index contributed by atoms with van der Waals surface area (Å²) in [5, 5.41) is 11.1. The van der Waals surface area contributed by atoms with Crippen molar-refractivity contribution in [2.45, 2.75) is 20.8 Å². The number of benzene rings is 2. The van der Waals surface area contributed by atoms with Gasteiger partial charge in [-0.2, -0.15) is 0 Å². The van der Waals surface area contributed by atoms with Gasteiger partial charge in [0.15, 0.2) is 0 Å². The standard InChI is InChI=1S/C25H28N4O4/c1-17(2)16-28-24(30)22(19-7-9-20(10-8-19)29(32)33)23(25(28)31)27-13-11-26(12-14-27)21-6-4-5-18(3)15-21/h4-10,15,17H,11-14,16H2,1-3H3. The molecule has 172 valence electrons. The minimum atomic E-state index is -0.476. The fourth-order valence-electron chi connectivity index (χ4n) is 4.41. The molecule has 2 aliphatic heterocycles. The molecule has 8 heteroatoms. The third-order valence-corrected chi connectivity index (χ3v) is 6.02. The topological polar surface area (TPSA) is 87.0 Å². The molecule has 0 unspecified atom stereocenters. The first kappa shape index (κ1) is 22.5. The number of piperazine rings is 1. The molecular formula is C25H28N4O4.